The summed E-state index contributed by atoms with van der Waals surface area (Å²) < 4.78 is 3.33. The summed E-state index contributed by atoms with van der Waals surface area (Å²) in [7, 11) is 3.61. The highest BCUT2D eigenvalue weighted by molar-refractivity contribution is 7.21. The maximum atomic E-state index is 12.3. The Hall–Kier alpha value is -2.42. The van der Waals surface area contributed by atoms with Gasteiger partial charge in [-0.3, -0.25) is 14.2 Å². The number of nitrogens with one attached hydrogen (secondary N) is 1. The monoisotopic (exact) mass is 305 g/mol. The fourth-order valence-electron chi connectivity index (χ4n) is 2.20. The number of aryl methyl sites for hydroxylation is 3. The van der Waals surface area contributed by atoms with E-state index in [1.165, 1.54) is 11.3 Å². The first-order chi connectivity index (χ1) is 9.97. The highest BCUT2D eigenvalue weighted by Gasteiger charge is 2.20. The van der Waals surface area contributed by atoms with Gasteiger partial charge in [-0.2, -0.15) is 10.2 Å². The second kappa shape index (κ2) is 4.85. The number of thiophene rings is 1. The molecule has 9 heteroatoms. The fourth-order valence-corrected chi connectivity index (χ4v) is 3.31. The van der Waals surface area contributed by atoms with E-state index in [-0.39, 0.29) is 12.5 Å². The molecule has 110 valence electrons. The van der Waals surface area contributed by atoms with Crippen molar-refractivity contribution in [2.75, 3.05) is 5.73 Å². The van der Waals surface area contributed by atoms with Crippen molar-refractivity contribution in [2.24, 2.45) is 14.1 Å². The number of hydrogen-bond acceptors (Lipinski definition) is 6. The zero-order valence-corrected chi connectivity index (χ0v) is 12.7. The molecule has 0 aliphatic heterocycles. The molecule has 0 aliphatic carbocycles. The van der Waals surface area contributed by atoms with Crippen LogP contribution in [0.1, 0.15) is 21.2 Å². The summed E-state index contributed by atoms with van der Waals surface area (Å²) in [5.74, 6) is 0.337. The van der Waals surface area contributed by atoms with E-state index in [1.54, 1.807) is 22.7 Å². The number of anilines is 1. The van der Waals surface area contributed by atoms with Gasteiger partial charge in [0.15, 0.2) is 5.82 Å². The molecule has 0 spiro atoms. The molecule has 0 aliphatic rings. The normalized spacial score (nSPS) is 11.2. The summed E-state index contributed by atoms with van der Waals surface area (Å²) in [5.41, 5.74) is 7.39. The van der Waals surface area contributed by atoms with E-state index in [1.807, 2.05) is 14.0 Å². The van der Waals surface area contributed by atoms with Crippen LogP contribution < -0.4 is 11.1 Å². The topological polar surface area (TPSA) is 104 Å². The van der Waals surface area contributed by atoms with Gasteiger partial charge in [-0.1, -0.05) is 0 Å². The van der Waals surface area contributed by atoms with E-state index in [9.17, 15) is 4.79 Å². The van der Waals surface area contributed by atoms with Crippen molar-refractivity contribution in [2.45, 2.75) is 13.5 Å². The number of carbonyl (C=O) groups excluding carboxylic acids is 1. The Labute approximate surface area is 124 Å². The van der Waals surface area contributed by atoms with Crippen LogP contribution in [0.15, 0.2) is 6.33 Å². The number of rotatable bonds is 3. The highest BCUT2D eigenvalue weighted by atomic mass is 32.1. The first kappa shape index (κ1) is 13.6. The third-order valence-corrected chi connectivity index (χ3v) is 4.41. The number of hydrogen-bond donors (Lipinski definition) is 2. The van der Waals surface area contributed by atoms with Crippen molar-refractivity contribution in [1.82, 2.24) is 29.9 Å². The Morgan fingerprint density at radius 2 is 2.19 bits per heavy atom. The molecule has 8 nitrogen and oxygen atoms in total. The fraction of sp³-hybridized carbons (Fsp3) is 0.333. The molecule has 0 atom stereocenters. The van der Waals surface area contributed by atoms with E-state index in [0.717, 1.165) is 15.9 Å². The smallest absolute Gasteiger partial charge is 0.263 e. The average molecular weight is 305 g/mol. The summed E-state index contributed by atoms with van der Waals surface area (Å²) in [4.78, 5) is 17.7. The largest absolute Gasteiger partial charge is 0.397 e. The van der Waals surface area contributed by atoms with Gasteiger partial charge >= 0.3 is 0 Å². The summed E-state index contributed by atoms with van der Waals surface area (Å²) >= 11 is 1.34. The lowest BCUT2D eigenvalue weighted by Gasteiger charge is -2.01. The molecular formula is C12H15N7OS. The van der Waals surface area contributed by atoms with E-state index < -0.39 is 0 Å². The quantitative estimate of drug-likeness (QED) is 0.737. The molecule has 3 heterocycles. The molecule has 3 rings (SSSR count). The van der Waals surface area contributed by atoms with Crippen molar-refractivity contribution in [1.29, 1.82) is 0 Å². The Morgan fingerprint density at radius 3 is 2.81 bits per heavy atom. The molecule has 0 radical (unpaired) electrons. The van der Waals surface area contributed by atoms with Crippen LogP contribution >= 0.6 is 11.3 Å². The highest BCUT2D eigenvalue weighted by Crippen LogP contribution is 2.35. The second-order valence-electron chi connectivity index (χ2n) is 4.75. The van der Waals surface area contributed by atoms with Crippen molar-refractivity contribution in [3.05, 3.63) is 22.7 Å². The predicted molar refractivity (Wildman–Crippen MR) is 79.9 cm³/mol. The molecule has 0 bridgehead atoms. The maximum absolute atomic E-state index is 12.3. The number of nitrogens with zero attached hydrogens (tertiary/aromatic N) is 5. The Kier molecular flexibility index (Phi) is 3.13. The SMILES string of the molecule is Cc1nn(C)c2sc(C(=O)NCc3ncn(C)n3)c(N)c12. The van der Waals surface area contributed by atoms with Gasteiger partial charge in [0.2, 0.25) is 0 Å². The lowest BCUT2D eigenvalue weighted by Crippen LogP contribution is -2.23. The van der Waals surface area contributed by atoms with Crippen molar-refractivity contribution >= 4 is 33.1 Å². The van der Waals surface area contributed by atoms with Gasteiger partial charge in [-0.15, -0.1) is 11.3 Å². The molecule has 3 aromatic rings. The van der Waals surface area contributed by atoms with Crippen LogP contribution in [-0.2, 0) is 20.6 Å². The predicted octanol–water partition coefficient (Wildman–Crippen LogP) is 0.584. The van der Waals surface area contributed by atoms with E-state index >= 15 is 0 Å². The first-order valence-electron chi connectivity index (χ1n) is 6.31. The molecule has 3 N–H and O–H groups in total. The molecule has 3 aromatic heterocycles. The zero-order chi connectivity index (χ0) is 15.1. The molecule has 0 aromatic carbocycles. The Morgan fingerprint density at radius 1 is 1.43 bits per heavy atom. The van der Waals surface area contributed by atoms with E-state index in [4.69, 9.17) is 5.73 Å². The van der Waals surface area contributed by atoms with E-state index in [2.05, 4.69) is 20.5 Å². The first-order valence-corrected chi connectivity index (χ1v) is 7.13. The summed E-state index contributed by atoms with van der Waals surface area (Å²) in [6.07, 6.45) is 1.59. The standard InChI is InChI=1S/C12H15N7OS/c1-6-8-9(13)10(21-12(8)19(3)16-6)11(20)14-4-7-15-5-18(2)17-7/h5H,4,13H2,1-3H3,(H,14,20). The minimum absolute atomic E-state index is 0.222. The number of nitrogens with two attached hydrogens (primary N) is 1. The van der Waals surface area contributed by atoms with Crippen LogP contribution in [0.25, 0.3) is 10.2 Å². The number of carbonyl (C=O) groups is 1. The minimum atomic E-state index is -0.222. The lowest BCUT2D eigenvalue weighted by atomic mass is 10.2. The molecule has 0 saturated heterocycles. The summed E-state index contributed by atoms with van der Waals surface area (Å²) in [6, 6.07) is 0. The maximum Gasteiger partial charge on any atom is 0.263 e. The van der Waals surface area contributed by atoms with Crippen LogP contribution in [0.5, 0.6) is 0 Å². The molecule has 21 heavy (non-hydrogen) atoms. The lowest BCUT2D eigenvalue weighted by molar-refractivity contribution is 0.0955. The van der Waals surface area contributed by atoms with Gasteiger partial charge in [0.1, 0.15) is 16.0 Å². The van der Waals surface area contributed by atoms with Gasteiger partial charge < -0.3 is 11.1 Å². The van der Waals surface area contributed by atoms with Crippen molar-refractivity contribution in [3.63, 3.8) is 0 Å². The van der Waals surface area contributed by atoms with Crippen molar-refractivity contribution < 1.29 is 4.79 Å². The zero-order valence-electron chi connectivity index (χ0n) is 11.9. The average Bonchev–Trinajstić information content (AvgIpc) is 3.06. The van der Waals surface area contributed by atoms with Crippen LogP contribution in [0, 0.1) is 6.92 Å². The molecule has 0 saturated carbocycles. The van der Waals surface area contributed by atoms with Crippen LogP contribution in [0.2, 0.25) is 0 Å². The summed E-state index contributed by atoms with van der Waals surface area (Å²) in [6.45, 7) is 2.15. The Balaban J connectivity index is 1.84. The van der Waals surface area contributed by atoms with Gasteiger partial charge in [0.25, 0.3) is 5.91 Å². The van der Waals surface area contributed by atoms with Crippen molar-refractivity contribution in [3.8, 4) is 0 Å². The van der Waals surface area contributed by atoms with E-state index in [0.29, 0.717) is 16.4 Å². The van der Waals surface area contributed by atoms with Crippen LogP contribution in [0.4, 0.5) is 5.69 Å². The number of amides is 1. The second-order valence-corrected chi connectivity index (χ2v) is 5.75. The Bertz CT molecular complexity index is 828. The number of fused-ring (bicyclic) bond motifs is 1. The summed E-state index contributed by atoms with van der Waals surface area (Å²) in [5, 5.41) is 12.0. The van der Waals surface area contributed by atoms with Crippen LogP contribution in [-0.4, -0.2) is 30.5 Å². The molecule has 1 amide bonds. The van der Waals surface area contributed by atoms with Gasteiger partial charge in [0, 0.05) is 14.1 Å². The van der Waals surface area contributed by atoms with Gasteiger partial charge in [0.05, 0.1) is 23.3 Å². The van der Waals surface area contributed by atoms with Gasteiger partial charge in [-0.25, -0.2) is 4.98 Å². The van der Waals surface area contributed by atoms with Gasteiger partial charge in [-0.05, 0) is 6.92 Å². The van der Waals surface area contributed by atoms with Crippen LogP contribution in [0.3, 0.4) is 0 Å². The third kappa shape index (κ3) is 2.25. The molecular weight excluding hydrogens is 290 g/mol. The number of nitrogen functional groups attached to an aromatic ring is 1. The molecule has 0 fully saturated rings. The third-order valence-electron chi connectivity index (χ3n) is 3.14. The minimum Gasteiger partial charge on any atom is -0.397 e. The molecule has 0 unspecified atom stereocenters. The number of aromatic nitrogens is 5.